The Balaban J connectivity index is 1.93. The van der Waals surface area contributed by atoms with Crippen LogP contribution in [0.3, 0.4) is 0 Å². The summed E-state index contributed by atoms with van der Waals surface area (Å²) in [5, 5.41) is 0.556. The van der Waals surface area contributed by atoms with E-state index >= 15 is 0 Å². The van der Waals surface area contributed by atoms with E-state index in [1.54, 1.807) is 0 Å². The van der Waals surface area contributed by atoms with Crippen LogP contribution in [-0.2, 0) is 0 Å². The van der Waals surface area contributed by atoms with Crippen LogP contribution in [0.5, 0.6) is 0 Å². The lowest BCUT2D eigenvalue weighted by molar-refractivity contribution is 0.219. The third-order valence-corrected chi connectivity index (χ3v) is 4.33. The molecule has 3 rings (SSSR count). The number of imidazole rings is 1. The Bertz CT molecular complexity index is 584. The molecule has 19 heavy (non-hydrogen) atoms. The quantitative estimate of drug-likeness (QED) is 0.919. The van der Waals surface area contributed by atoms with Gasteiger partial charge >= 0.3 is 0 Å². The minimum Gasteiger partial charge on any atom is -0.399 e. The average molecular weight is 279 g/mol. The second kappa shape index (κ2) is 5.02. The van der Waals surface area contributed by atoms with Crippen LogP contribution in [-0.4, -0.2) is 33.9 Å². The van der Waals surface area contributed by atoms with Crippen molar-refractivity contribution in [3.05, 3.63) is 29.3 Å². The van der Waals surface area contributed by atoms with E-state index in [2.05, 4.69) is 21.2 Å². The number of piperidine rings is 1. The molecule has 0 radical (unpaired) electrons. The van der Waals surface area contributed by atoms with Gasteiger partial charge in [-0.25, -0.2) is 4.98 Å². The number of nitrogens with two attached hydrogens (primary N) is 1. The van der Waals surface area contributed by atoms with Gasteiger partial charge in [0.05, 0.1) is 5.52 Å². The molecule has 0 amide bonds. The van der Waals surface area contributed by atoms with Gasteiger partial charge in [-0.2, -0.15) is 0 Å². The van der Waals surface area contributed by atoms with Gasteiger partial charge in [0.25, 0.3) is 0 Å². The summed E-state index contributed by atoms with van der Waals surface area (Å²) in [7, 11) is 0. The number of halogens is 1. The van der Waals surface area contributed by atoms with Crippen molar-refractivity contribution in [1.82, 2.24) is 14.3 Å². The lowest BCUT2D eigenvalue weighted by atomic mass is 9.96. The first-order chi connectivity index (χ1) is 9.19. The van der Waals surface area contributed by atoms with Crippen molar-refractivity contribution in [2.75, 3.05) is 25.4 Å². The Morgan fingerprint density at radius 3 is 2.84 bits per heavy atom. The highest BCUT2D eigenvalue weighted by Gasteiger charge is 2.24. The number of pyridine rings is 1. The Morgan fingerprint density at radius 2 is 2.16 bits per heavy atom. The van der Waals surface area contributed by atoms with Crippen LogP contribution in [0.2, 0.25) is 5.15 Å². The number of nitrogens with zero attached hydrogens (tertiary/aromatic N) is 3. The molecule has 1 saturated heterocycles. The molecule has 0 spiro atoms. The van der Waals surface area contributed by atoms with Crippen LogP contribution in [0.1, 0.15) is 31.5 Å². The van der Waals surface area contributed by atoms with Crippen LogP contribution in [0.4, 0.5) is 5.69 Å². The van der Waals surface area contributed by atoms with E-state index in [-0.39, 0.29) is 0 Å². The SMILES string of the molecule is CCN1CCC(c2nc(Cl)c3cc(N)ccn23)CC1. The molecular weight excluding hydrogens is 260 g/mol. The molecule has 3 heterocycles. The second-order valence-corrected chi connectivity index (χ2v) is 5.54. The molecule has 2 aromatic heterocycles. The van der Waals surface area contributed by atoms with E-state index in [0.717, 1.165) is 49.5 Å². The molecule has 4 nitrogen and oxygen atoms in total. The highest BCUT2D eigenvalue weighted by Crippen LogP contribution is 2.31. The lowest BCUT2D eigenvalue weighted by Gasteiger charge is -2.30. The summed E-state index contributed by atoms with van der Waals surface area (Å²) in [5.74, 6) is 1.57. The molecule has 2 N–H and O–H groups in total. The van der Waals surface area contributed by atoms with Gasteiger partial charge in [-0.1, -0.05) is 18.5 Å². The third kappa shape index (κ3) is 2.30. The molecule has 1 aliphatic heterocycles. The van der Waals surface area contributed by atoms with E-state index < -0.39 is 0 Å². The van der Waals surface area contributed by atoms with Crippen molar-refractivity contribution in [2.24, 2.45) is 0 Å². The molecule has 0 bridgehead atoms. The van der Waals surface area contributed by atoms with Gasteiger partial charge in [0.15, 0.2) is 5.15 Å². The summed E-state index contributed by atoms with van der Waals surface area (Å²) in [6.45, 7) is 5.63. The van der Waals surface area contributed by atoms with Crippen LogP contribution in [0.15, 0.2) is 18.3 Å². The zero-order valence-electron chi connectivity index (χ0n) is 11.1. The van der Waals surface area contributed by atoms with Crippen LogP contribution >= 0.6 is 11.6 Å². The Hall–Kier alpha value is -1.26. The average Bonchev–Trinajstić information content (AvgIpc) is 2.76. The van der Waals surface area contributed by atoms with Gasteiger partial charge in [-0.05, 0) is 44.6 Å². The molecule has 0 saturated carbocycles. The van der Waals surface area contributed by atoms with Crippen molar-refractivity contribution >= 4 is 22.8 Å². The number of fused-ring (bicyclic) bond motifs is 1. The van der Waals surface area contributed by atoms with Crippen LogP contribution < -0.4 is 5.73 Å². The summed E-state index contributed by atoms with van der Waals surface area (Å²) in [6.07, 6.45) is 4.27. The first-order valence-corrected chi connectivity index (χ1v) is 7.22. The van der Waals surface area contributed by atoms with Crippen molar-refractivity contribution in [3.63, 3.8) is 0 Å². The monoisotopic (exact) mass is 278 g/mol. The summed E-state index contributed by atoms with van der Waals surface area (Å²) >= 11 is 6.23. The number of nitrogen functional groups attached to an aromatic ring is 1. The minimum absolute atomic E-state index is 0.492. The highest BCUT2D eigenvalue weighted by atomic mass is 35.5. The molecule has 0 atom stereocenters. The molecule has 0 aliphatic carbocycles. The van der Waals surface area contributed by atoms with E-state index in [9.17, 15) is 0 Å². The maximum atomic E-state index is 6.23. The first-order valence-electron chi connectivity index (χ1n) is 6.84. The fourth-order valence-electron chi connectivity index (χ4n) is 2.88. The van der Waals surface area contributed by atoms with Crippen molar-refractivity contribution in [3.8, 4) is 0 Å². The van der Waals surface area contributed by atoms with Crippen molar-refractivity contribution < 1.29 is 0 Å². The summed E-state index contributed by atoms with van der Waals surface area (Å²) in [4.78, 5) is 7.04. The first kappa shape index (κ1) is 12.8. The van der Waals surface area contributed by atoms with E-state index in [1.807, 2.05) is 18.3 Å². The highest BCUT2D eigenvalue weighted by molar-refractivity contribution is 6.32. The van der Waals surface area contributed by atoms with Gasteiger partial charge in [0, 0.05) is 17.8 Å². The zero-order valence-corrected chi connectivity index (χ0v) is 11.9. The van der Waals surface area contributed by atoms with E-state index in [1.165, 1.54) is 0 Å². The molecular formula is C14H19ClN4. The number of aromatic nitrogens is 2. The van der Waals surface area contributed by atoms with Crippen molar-refractivity contribution in [1.29, 1.82) is 0 Å². The van der Waals surface area contributed by atoms with Gasteiger partial charge < -0.3 is 15.0 Å². The summed E-state index contributed by atoms with van der Waals surface area (Å²) in [5.41, 5.74) is 7.45. The van der Waals surface area contributed by atoms with Crippen LogP contribution in [0.25, 0.3) is 5.52 Å². The maximum absolute atomic E-state index is 6.23. The zero-order chi connectivity index (χ0) is 13.4. The normalized spacial score (nSPS) is 18.2. The molecule has 1 fully saturated rings. The predicted octanol–water partition coefficient (Wildman–Crippen LogP) is 2.77. The smallest absolute Gasteiger partial charge is 0.155 e. The number of rotatable bonds is 2. The van der Waals surface area contributed by atoms with Gasteiger partial charge in [-0.15, -0.1) is 0 Å². The third-order valence-electron chi connectivity index (χ3n) is 4.05. The number of hydrogen-bond acceptors (Lipinski definition) is 3. The molecule has 0 aromatic carbocycles. The summed E-state index contributed by atoms with van der Waals surface area (Å²) < 4.78 is 2.09. The van der Waals surface area contributed by atoms with Crippen LogP contribution in [0, 0.1) is 0 Å². The van der Waals surface area contributed by atoms with Gasteiger partial charge in [0.1, 0.15) is 5.82 Å². The Kier molecular flexibility index (Phi) is 3.37. The molecule has 0 unspecified atom stereocenters. The maximum Gasteiger partial charge on any atom is 0.155 e. The summed E-state index contributed by atoms with van der Waals surface area (Å²) in [6, 6.07) is 3.79. The molecule has 5 heteroatoms. The van der Waals surface area contributed by atoms with E-state index in [4.69, 9.17) is 17.3 Å². The molecule has 1 aliphatic rings. The molecule has 102 valence electrons. The largest absolute Gasteiger partial charge is 0.399 e. The predicted molar refractivity (Wildman–Crippen MR) is 78.7 cm³/mol. The van der Waals surface area contributed by atoms with Crippen molar-refractivity contribution in [2.45, 2.75) is 25.7 Å². The topological polar surface area (TPSA) is 46.6 Å². The Morgan fingerprint density at radius 1 is 1.42 bits per heavy atom. The number of hydrogen-bond donors (Lipinski definition) is 1. The number of likely N-dealkylation sites (tertiary alicyclic amines) is 1. The van der Waals surface area contributed by atoms with E-state index in [0.29, 0.717) is 11.1 Å². The minimum atomic E-state index is 0.492. The second-order valence-electron chi connectivity index (χ2n) is 5.18. The fraction of sp³-hybridized carbons (Fsp3) is 0.500. The standard InChI is InChI=1S/C14H19ClN4/c1-2-18-6-3-10(4-7-18)14-17-13(15)12-9-11(16)5-8-19(12)14/h5,8-10H,2-4,6-7,16H2,1H3. The Labute approximate surface area is 118 Å². The number of anilines is 1. The fourth-order valence-corrected chi connectivity index (χ4v) is 3.11. The van der Waals surface area contributed by atoms with Gasteiger partial charge in [-0.3, -0.25) is 0 Å². The van der Waals surface area contributed by atoms with Gasteiger partial charge in [0.2, 0.25) is 0 Å². The molecule has 2 aromatic rings. The lowest BCUT2D eigenvalue weighted by Crippen LogP contribution is -2.33.